The molecule has 3 aromatic rings. The second-order valence-corrected chi connectivity index (χ2v) is 9.30. The van der Waals surface area contributed by atoms with Crippen LogP contribution in [0, 0.1) is 24.2 Å². The van der Waals surface area contributed by atoms with E-state index >= 15 is 0 Å². The monoisotopic (exact) mass is 485 g/mol. The van der Waals surface area contributed by atoms with Crippen molar-refractivity contribution in [1.29, 1.82) is 5.26 Å². The van der Waals surface area contributed by atoms with Gasteiger partial charge in [0.25, 0.3) is 11.5 Å². The van der Waals surface area contributed by atoms with Crippen LogP contribution in [0.2, 0.25) is 0 Å². The maximum atomic E-state index is 13.8. The summed E-state index contributed by atoms with van der Waals surface area (Å²) in [6, 6.07) is 18.7. The number of amides is 1. The highest BCUT2D eigenvalue weighted by molar-refractivity contribution is 5.94. The molecule has 1 amide bonds. The average molecular weight is 486 g/mol. The van der Waals surface area contributed by atoms with Gasteiger partial charge in [0.2, 0.25) is 0 Å². The van der Waals surface area contributed by atoms with Gasteiger partial charge in [0.05, 0.1) is 18.3 Å². The number of nitriles is 1. The number of benzene rings is 2. The fourth-order valence-corrected chi connectivity index (χ4v) is 4.43. The lowest BCUT2D eigenvalue weighted by Gasteiger charge is -2.35. The van der Waals surface area contributed by atoms with Crippen LogP contribution in [-0.2, 0) is 13.0 Å². The third-order valence-electron chi connectivity index (χ3n) is 6.38. The van der Waals surface area contributed by atoms with E-state index < -0.39 is 11.6 Å². The highest BCUT2D eigenvalue weighted by atomic mass is 16.2. The van der Waals surface area contributed by atoms with Crippen LogP contribution in [0.25, 0.3) is 0 Å². The molecule has 0 radical (unpaired) electrons. The quantitative estimate of drug-likeness (QED) is 0.463. The first-order valence-corrected chi connectivity index (χ1v) is 12.5. The van der Waals surface area contributed by atoms with Crippen LogP contribution in [0.5, 0.6) is 0 Å². The summed E-state index contributed by atoms with van der Waals surface area (Å²) in [5.74, 6) is 0.293. The predicted molar refractivity (Wildman–Crippen MR) is 142 cm³/mol. The van der Waals surface area contributed by atoms with Gasteiger partial charge in [-0.1, -0.05) is 63.2 Å². The summed E-state index contributed by atoms with van der Waals surface area (Å²) in [6.07, 6.45) is 1.50. The van der Waals surface area contributed by atoms with Crippen LogP contribution in [0.4, 0.5) is 0 Å². The lowest BCUT2D eigenvalue weighted by atomic mass is 9.98. The summed E-state index contributed by atoms with van der Waals surface area (Å²) >= 11 is 0. The van der Waals surface area contributed by atoms with Crippen LogP contribution in [0.1, 0.15) is 71.8 Å². The predicted octanol–water partition coefficient (Wildman–Crippen LogP) is 4.22. The fourth-order valence-electron chi connectivity index (χ4n) is 4.43. The molecule has 0 aliphatic rings. The van der Waals surface area contributed by atoms with Crippen LogP contribution in [-0.4, -0.2) is 33.4 Å². The highest BCUT2D eigenvalue weighted by Gasteiger charge is 2.33. The molecule has 188 valence electrons. The van der Waals surface area contributed by atoms with Crippen LogP contribution < -0.4 is 11.3 Å². The molecule has 0 saturated heterocycles. The average Bonchev–Trinajstić information content (AvgIpc) is 2.88. The molecule has 1 atom stereocenters. The molecule has 0 spiro atoms. The van der Waals surface area contributed by atoms with Crippen molar-refractivity contribution in [2.75, 3.05) is 13.1 Å². The lowest BCUT2D eigenvalue weighted by Crippen LogP contribution is -2.43. The molecule has 0 aliphatic heterocycles. The molecule has 2 aromatic carbocycles. The molecule has 2 N–H and O–H groups in total. The van der Waals surface area contributed by atoms with Crippen molar-refractivity contribution >= 4 is 5.91 Å². The van der Waals surface area contributed by atoms with Gasteiger partial charge in [-0.15, -0.1) is 0 Å². The maximum Gasteiger partial charge on any atom is 0.272 e. The molecule has 7 nitrogen and oxygen atoms in total. The van der Waals surface area contributed by atoms with Gasteiger partial charge in [0, 0.05) is 12.1 Å². The number of nitrogens with zero attached hydrogens (tertiary/aromatic N) is 4. The van der Waals surface area contributed by atoms with Crippen molar-refractivity contribution in [3.63, 3.8) is 0 Å². The fraction of sp³-hybridized carbons (Fsp3) is 0.379. The largest absolute Gasteiger partial charge is 0.330 e. The second-order valence-electron chi connectivity index (χ2n) is 9.30. The van der Waals surface area contributed by atoms with E-state index in [1.807, 2.05) is 74.5 Å². The van der Waals surface area contributed by atoms with Gasteiger partial charge in [-0.25, -0.2) is 4.98 Å². The third-order valence-corrected chi connectivity index (χ3v) is 6.38. The minimum atomic E-state index is -0.488. The van der Waals surface area contributed by atoms with Gasteiger partial charge in [-0.05, 0) is 55.5 Å². The molecular formula is C29H35N5O2. The Morgan fingerprint density at radius 3 is 2.33 bits per heavy atom. The van der Waals surface area contributed by atoms with E-state index in [1.54, 1.807) is 16.4 Å². The molecule has 0 bridgehead atoms. The van der Waals surface area contributed by atoms with Gasteiger partial charge < -0.3 is 10.6 Å². The zero-order valence-electron chi connectivity index (χ0n) is 21.6. The third kappa shape index (κ3) is 5.89. The van der Waals surface area contributed by atoms with Gasteiger partial charge in [0.1, 0.15) is 17.5 Å². The van der Waals surface area contributed by atoms with Crippen molar-refractivity contribution in [2.45, 2.75) is 53.1 Å². The smallest absolute Gasteiger partial charge is 0.272 e. The van der Waals surface area contributed by atoms with E-state index in [-0.39, 0.29) is 23.9 Å². The van der Waals surface area contributed by atoms with Gasteiger partial charge in [-0.3, -0.25) is 14.2 Å². The van der Waals surface area contributed by atoms with E-state index in [1.165, 1.54) is 0 Å². The van der Waals surface area contributed by atoms with Crippen LogP contribution in [0.15, 0.2) is 59.4 Å². The highest BCUT2D eigenvalue weighted by Crippen LogP contribution is 2.30. The minimum Gasteiger partial charge on any atom is -0.330 e. The molecule has 3 rings (SSSR count). The Labute approximate surface area is 213 Å². The van der Waals surface area contributed by atoms with Crippen LogP contribution in [0.3, 0.4) is 0 Å². The Morgan fingerprint density at radius 2 is 1.78 bits per heavy atom. The van der Waals surface area contributed by atoms with E-state index in [0.29, 0.717) is 36.6 Å². The van der Waals surface area contributed by atoms with Crippen molar-refractivity contribution in [1.82, 2.24) is 14.5 Å². The van der Waals surface area contributed by atoms with Crippen molar-refractivity contribution < 1.29 is 4.79 Å². The molecule has 1 heterocycles. The van der Waals surface area contributed by atoms with E-state index in [4.69, 9.17) is 10.7 Å². The molecule has 0 fully saturated rings. The first-order chi connectivity index (χ1) is 17.3. The lowest BCUT2D eigenvalue weighted by molar-refractivity contribution is 0.0601. The second kappa shape index (κ2) is 12.3. The van der Waals surface area contributed by atoms with Crippen LogP contribution >= 0.6 is 0 Å². The molecule has 1 aromatic heterocycles. The molecule has 1 unspecified atom stereocenters. The number of hydrogen-bond acceptors (Lipinski definition) is 5. The number of rotatable bonds is 10. The van der Waals surface area contributed by atoms with E-state index in [0.717, 1.165) is 17.5 Å². The Kier molecular flexibility index (Phi) is 9.15. The summed E-state index contributed by atoms with van der Waals surface area (Å²) < 4.78 is 1.55. The molecule has 36 heavy (non-hydrogen) atoms. The summed E-state index contributed by atoms with van der Waals surface area (Å²) in [5, 5.41) is 9.65. The van der Waals surface area contributed by atoms with Crippen molar-refractivity contribution in [3.05, 3.63) is 98.7 Å². The number of aromatic nitrogens is 2. The Bertz CT molecular complexity index is 1270. The standard InChI is InChI=1S/C29H35N5O2/c1-5-22-12-14-24(15-13-22)28(35)33(17-9-16-30)26(20(2)3)27-32-21(4)25(18-31)29(36)34(27)19-23-10-7-6-8-11-23/h6-8,10-15,20,26H,5,9,16-17,19,30H2,1-4H3. The maximum absolute atomic E-state index is 13.8. The van der Waals surface area contributed by atoms with Crippen molar-refractivity contribution in [2.24, 2.45) is 11.7 Å². The van der Waals surface area contributed by atoms with E-state index in [2.05, 4.69) is 6.92 Å². The zero-order chi connectivity index (χ0) is 26.2. The Morgan fingerprint density at radius 1 is 1.11 bits per heavy atom. The zero-order valence-corrected chi connectivity index (χ0v) is 21.6. The Hall–Kier alpha value is -3.76. The number of carbonyl (C=O) groups is 1. The number of nitrogens with two attached hydrogens (primary N) is 1. The summed E-state index contributed by atoms with van der Waals surface area (Å²) in [5.41, 5.74) is 8.48. The number of carbonyl (C=O) groups excluding carboxylic acids is 1. The molecule has 0 saturated carbocycles. The normalized spacial score (nSPS) is 11.8. The summed E-state index contributed by atoms with van der Waals surface area (Å²) in [6.45, 7) is 8.88. The first kappa shape index (κ1) is 26.8. The van der Waals surface area contributed by atoms with Crippen molar-refractivity contribution in [3.8, 4) is 6.07 Å². The number of hydrogen-bond donors (Lipinski definition) is 1. The molecular weight excluding hydrogens is 450 g/mol. The summed E-state index contributed by atoms with van der Waals surface area (Å²) in [4.78, 5) is 33.9. The van der Waals surface area contributed by atoms with E-state index in [9.17, 15) is 14.9 Å². The molecule has 7 heteroatoms. The SMILES string of the molecule is CCc1ccc(C(=O)N(CCCN)C(c2nc(C)c(C#N)c(=O)n2Cc2ccccc2)C(C)C)cc1. The summed E-state index contributed by atoms with van der Waals surface area (Å²) in [7, 11) is 0. The van der Waals surface area contributed by atoms with Gasteiger partial charge in [-0.2, -0.15) is 5.26 Å². The Balaban J connectivity index is 2.19. The first-order valence-electron chi connectivity index (χ1n) is 12.5. The number of aryl methyl sites for hydroxylation is 2. The topological polar surface area (TPSA) is 105 Å². The van der Waals surface area contributed by atoms with Gasteiger partial charge in [0.15, 0.2) is 0 Å². The van der Waals surface area contributed by atoms with Gasteiger partial charge >= 0.3 is 0 Å². The molecule has 0 aliphatic carbocycles. The minimum absolute atomic E-state index is 0.0205.